The molecule has 0 unspecified atom stereocenters. The molecule has 0 aromatic carbocycles. The summed E-state index contributed by atoms with van der Waals surface area (Å²) in [6, 6.07) is 0. The molecule has 3 heteroatoms. The lowest BCUT2D eigenvalue weighted by atomic mass is 10.1. The number of aliphatic carboxylic acids is 1. The van der Waals surface area contributed by atoms with Crippen molar-refractivity contribution >= 4 is 5.97 Å². The summed E-state index contributed by atoms with van der Waals surface area (Å²) in [6.45, 7) is 7.20. The molecule has 3 nitrogen and oxygen atoms in total. The van der Waals surface area contributed by atoms with E-state index in [9.17, 15) is 4.79 Å². The topological polar surface area (TPSA) is 46.5 Å². The molecule has 124 valence electrons. The van der Waals surface area contributed by atoms with Crippen LogP contribution in [0.15, 0.2) is 12.2 Å². The highest BCUT2D eigenvalue weighted by Crippen LogP contribution is 2.10. The molecule has 0 aromatic rings. The molecule has 0 fully saturated rings. The van der Waals surface area contributed by atoms with Gasteiger partial charge in [-0.25, -0.2) is 4.79 Å². The normalized spacial score (nSPS) is 10.7. The number of rotatable bonds is 16. The highest BCUT2D eigenvalue weighted by Gasteiger charge is 2.02. The third-order valence-electron chi connectivity index (χ3n) is 3.71. The van der Waals surface area contributed by atoms with Gasteiger partial charge in [0.05, 0.1) is 0 Å². The van der Waals surface area contributed by atoms with Crippen molar-refractivity contribution in [2.75, 3.05) is 13.2 Å². The van der Waals surface area contributed by atoms with E-state index < -0.39 is 5.97 Å². The van der Waals surface area contributed by atoms with E-state index in [0.717, 1.165) is 19.4 Å². The van der Waals surface area contributed by atoms with Crippen molar-refractivity contribution in [3.63, 3.8) is 0 Å². The van der Waals surface area contributed by atoms with Gasteiger partial charge in [0.1, 0.15) is 0 Å². The summed E-state index contributed by atoms with van der Waals surface area (Å²) in [5.74, 6) is -0.898. The smallest absolute Gasteiger partial charge is 0.330 e. The molecule has 0 spiro atoms. The van der Waals surface area contributed by atoms with Crippen LogP contribution in [0.25, 0.3) is 0 Å². The van der Waals surface area contributed by atoms with Crippen molar-refractivity contribution in [2.24, 2.45) is 0 Å². The van der Waals surface area contributed by atoms with Crippen molar-refractivity contribution in [1.82, 2.24) is 0 Å². The van der Waals surface area contributed by atoms with Gasteiger partial charge in [-0.1, -0.05) is 71.3 Å². The Hall–Kier alpha value is -0.830. The predicted molar refractivity (Wildman–Crippen MR) is 88.7 cm³/mol. The quantitative estimate of drug-likeness (QED) is 0.309. The number of carbonyl (C=O) groups is 1. The van der Waals surface area contributed by atoms with Crippen molar-refractivity contribution in [3.05, 3.63) is 12.2 Å². The van der Waals surface area contributed by atoms with Crippen molar-refractivity contribution in [1.29, 1.82) is 0 Å². The first-order chi connectivity index (χ1) is 10.2. The molecule has 0 aliphatic rings. The van der Waals surface area contributed by atoms with Gasteiger partial charge in [0.15, 0.2) is 0 Å². The van der Waals surface area contributed by atoms with Crippen LogP contribution in [0.2, 0.25) is 0 Å². The first kappa shape index (κ1) is 20.2. The zero-order valence-electron chi connectivity index (χ0n) is 13.9. The van der Waals surface area contributed by atoms with Gasteiger partial charge in [0.2, 0.25) is 0 Å². The van der Waals surface area contributed by atoms with Crippen LogP contribution in [0, 0.1) is 0 Å². The van der Waals surface area contributed by atoms with Gasteiger partial charge in [-0.2, -0.15) is 0 Å². The highest BCUT2D eigenvalue weighted by atomic mass is 16.5. The standard InChI is InChI=1S/C18H34O3/c1-3-4-5-6-7-8-9-10-11-12-15-21-16-13-14-17(2)18(19)20/h2-16H2,1H3,(H,19,20). The molecule has 0 amide bonds. The van der Waals surface area contributed by atoms with Crippen LogP contribution in [0.5, 0.6) is 0 Å². The average molecular weight is 298 g/mol. The van der Waals surface area contributed by atoms with Crippen molar-refractivity contribution < 1.29 is 14.6 Å². The fraction of sp³-hybridized carbons (Fsp3) is 0.833. The Morgan fingerprint density at radius 3 is 1.86 bits per heavy atom. The summed E-state index contributed by atoms with van der Waals surface area (Å²) >= 11 is 0. The zero-order chi connectivity index (χ0) is 15.8. The molecule has 0 heterocycles. The average Bonchev–Trinajstić information content (AvgIpc) is 2.47. The highest BCUT2D eigenvalue weighted by molar-refractivity contribution is 5.85. The molecule has 0 aliphatic heterocycles. The summed E-state index contributed by atoms with van der Waals surface area (Å²) in [5.41, 5.74) is 0.275. The van der Waals surface area contributed by atoms with E-state index in [4.69, 9.17) is 9.84 Å². The number of unbranched alkanes of at least 4 members (excludes halogenated alkanes) is 9. The first-order valence-corrected chi connectivity index (χ1v) is 8.67. The van der Waals surface area contributed by atoms with E-state index in [2.05, 4.69) is 13.5 Å². The second kappa shape index (κ2) is 15.6. The summed E-state index contributed by atoms with van der Waals surface area (Å²) in [5, 5.41) is 8.65. The second-order valence-corrected chi connectivity index (χ2v) is 5.81. The van der Waals surface area contributed by atoms with Crippen LogP contribution in [-0.2, 0) is 9.53 Å². The fourth-order valence-electron chi connectivity index (χ4n) is 2.29. The van der Waals surface area contributed by atoms with E-state index in [-0.39, 0.29) is 5.57 Å². The Kier molecular flexibility index (Phi) is 14.9. The van der Waals surface area contributed by atoms with Crippen molar-refractivity contribution in [3.8, 4) is 0 Å². The van der Waals surface area contributed by atoms with Gasteiger partial charge in [-0.15, -0.1) is 0 Å². The van der Waals surface area contributed by atoms with Crippen LogP contribution < -0.4 is 0 Å². The first-order valence-electron chi connectivity index (χ1n) is 8.67. The lowest BCUT2D eigenvalue weighted by molar-refractivity contribution is -0.132. The molecule has 0 aliphatic carbocycles. The lowest BCUT2D eigenvalue weighted by Gasteiger charge is -2.05. The predicted octanol–water partition coefficient (Wildman–Crippen LogP) is 5.34. The molecule has 0 saturated carbocycles. The van der Waals surface area contributed by atoms with E-state index in [0.29, 0.717) is 13.0 Å². The largest absolute Gasteiger partial charge is 0.478 e. The van der Waals surface area contributed by atoms with E-state index >= 15 is 0 Å². The SMILES string of the molecule is C=C(CCCOCCCCCCCCCCCC)C(=O)O. The molecule has 0 saturated heterocycles. The molecule has 0 rings (SSSR count). The van der Waals surface area contributed by atoms with Gasteiger partial charge in [-0.3, -0.25) is 0 Å². The van der Waals surface area contributed by atoms with Crippen LogP contribution >= 0.6 is 0 Å². The Labute approximate surface area is 130 Å². The van der Waals surface area contributed by atoms with Gasteiger partial charge >= 0.3 is 5.97 Å². The maximum Gasteiger partial charge on any atom is 0.330 e. The Bertz CT molecular complexity index is 261. The number of hydrogen-bond donors (Lipinski definition) is 1. The number of carboxylic acid groups (broad SMARTS) is 1. The van der Waals surface area contributed by atoms with E-state index in [1.54, 1.807) is 0 Å². The minimum atomic E-state index is -0.898. The number of ether oxygens (including phenoxy) is 1. The van der Waals surface area contributed by atoms with Crippen LogP contribution in [0.1, 0.15) is 84.0 Å². The van der Waals surface area contributed by atoms with Gasteiger partial charge in [-0.05, 0) is 19.3 Å². The summed E-state index contributed by atoms with van der Waals surface area (Å²) in [7, 11) is 0. The molecule has 0 aromatic heterocycles. The molecular formula is C18H34O3. The van der Waals surface area contributed by atoms with Crippen LogP contribution in [-0.4, -0.2) is 24.3 Å². The third-order valence-corrected chi connectivity index (χ3v) is 3.71. The molecule has 1 N–H and O–H groups in total. The molecule has 21 heavy (non-hydrogen) atoms. The van der Waals surface area contributed by atoms with Crippen molar-refractivity contribution in [2.45, 2.75) is 84.0 Å². The van der Waals surface area contributed by atoms with Gasteiger partial charge < -0.3 is 9.84 Å². The number of carboxylic acids is 1. The molecule has 0 atom stereocenters. The maximum absolute atomic E-state index is 10.5. The molecular weight excluding hydrogens is 264 g/mol. The zero-order valence-corrected chi connectivity index (χ0v) is 13.9. The monoisotopic (exact) mass is 298 g/mol. The Morgan fingerprint density at radius 2 is 1.33 bits per heavy atom. The second-order valence-electron chi connectivity index (χ2n) is 5.81. The summed E-state index contributed by atoms with van der Waals surface area (Å²) in [6.07, 6.45) is 14.6. The van der Waals surface area contributed by atoms with E-state index in [1.807, 2.05) is 0 Å². The Balaban J connectivity index is 3.06. The summed E-state index contributed by atoms with van der Waals surface area (Å²) in [4.78, 5) is 10.5. The van der Waals surface area contributed by atoms with Crippen LogP contribution in [0.3, 0.4) is 0 Å². The summed E-state index contributed by atoms with van der Waals surface area (Å²) < 4.78 is 5.50. The molecule has 0 radical (unpaired) electrons. The van der Waals surface area contributed by atoms with Gasteiger partial charge in [0, 0.05) is 18.8 Å². The minimum absolute atomic E-state index is 0.275. The molecule has 0 bridgehead atoms. The fourth-order valence-corrected chi connectivity index (χ4v) is 2.29. The number of hydrogen-bond acceptors (Lipinski definition) is 2. The van der Waals surface area contributed by atoms with E-state index in [1.165, 1.54) is 57.8 Å². The third kappa shape index (κ3) is 15.4. The maximum atomic E-state index is 10.5. The van der Waals surface area contributed by atoms with Crippen LogP contribution in [0.4, 0.5) is 0 Å². The Morgan fingerprint density at radius 1 is 0.857 bits per heavy atom. The lowest BCUT2D eigenvalue weighted by Crippen LogP contribution is -2.02. The van der Waals surface area contributed by atoms with Gasteiger partial charge in [0.25, 0.3) is 0 Å². The minimum Gasteiger partial charge on any atom is -0.478 e.